The van der Waals surface area contributed by atoms with E-state index in [1.807, 2.05) is 0 Å². The Bertz CT molecular complexity index is 1130. The first-order chi connectivity index (χ1) is 12.6. The maximum absolute atomic E-state index is 6.30. The van der Waals surface area contributed by atoms with Crippen molar-refractivity contribution >= 4 is 119 Å². The quantitative estimate of drug-likeness (QED) is 0.178. The molecule has 0 aliphatic carbocycles. The molecule has 0 aliphatic heterocycles. The maximum atomic E-state index is 6.30. The maximum Gasteiger partial charge on any atom is 0.0828 e. The zero-order valence-corrected chi connectivity index (χ0v) is 17.8. The van der Waals surface area contributed by atoms with Gasteiger partial charge >= 0.3 is 0 Å². The van der Waals surface area contributed by atoms with Gasteiger partial charge in [0.25, 0.3) is 0 Å². The summed E-state index contributed by atoms with van der Waals surface area (Å²) >= 11 is 37.7. The summed E-state index contributed by atoms with van der Waals surface area (Å²) in [6.07, 6.45) is 0. The van der Waals surface area contributed by atoms with Gasteiger partial charge in [0.1, 0.15) is 0 Å². The Labute approximate surface area is 183 Å². The van der Waals surface area contributed by atoms with Gasteiger partial charge in [0, 0.05) is 16.2 Å². The van der Waals surface area contributed by atoms with Gasteiger partial charge in [-0.15, -0.1) is 0 Å². The number of hydrogen-bond acceptors (Lipinski definition) is 3. The molecule has 0 fully saturated rings. The van der Waals surface area contributed by atoms with E-state index in [0.717, 1.165) is 0 Å². The van der Waals surface area contributed by atoms with Gasteiger partial charge in [-0.3, -0.25) is 0 Å². The van der Waals surface area contributed by atoms with Crippen LogP contribution < -0.4 is 17.2 Å². The summed E-state index contributed by atoms with van der Waals surface area (Å²) in [4.78, 5) is 0. The van der Waals surface area contributed by atoms with E-state index < -0.39 is 0 Å². The predicted molar refractivity (Wildman–Crippen MR) is 122 cm³/mol. The van der Waals surface area contributed by atoms with Crippen molar-refractivity contribution in [2.75, 3.05) is 17.2 Å². The number of benzene rings is 4. The lowest BCUT2D eigenvalue weighted by Gasteiger charge is -2.18. The van der Waals surface area contributed by atoms with Gasteiger partial charge in [-0.25, -0.2) is 0 Å². The number of hydrogen-bond donors (Lipinski definition) is 3. The van der Waals surface area contributed by atoms with Crippen LogP contribution in [0.1, 0.15) is 0 Å². The van der Waals surface area contributed by atoms with E-state index in [4.69, 9.17) is 86.8 Å². The van der Waals surface area contributed by atoms with E-state index in [1.165, 1.54) is 0 Å². The summed E-state index contributed by atoms with van der Waals surface area (Å²) in [6, 6.07) is 5.03. The van der Waals surface area contributed by atoms with Crippen molar-refractivity contribution < 1.29 is 0 Å². The van der Waals surface area contributed by atoms with Crippen LogP contribution in [0.5, 0.6) is 0 Å². The second kappa shape index (κ2) is 6.41. The molecule has 27 heavy (non-hydrogen) atoms. The standard InChI is InChI=1S/C18H9Cl6N3/c19-7-1-4-10(16(25)13(7)22)5-2-9(21)15(24)18(27)12(5)6-3-8(20)14(23)17(26)11(4)6/h1-3H,25-27H2. The van der Waals surface area contributed by atoms with E-state index in [-0.39, 0.29) is 47.2 Å². The van der Waals surface area contributed by atoms with Crippen LogP contribution in [-0.2, 0) is 0 Å². The molecule has 0 amide bonds. The fraction of sp³-hybridized carbons (Fsp3) is 0. The van der Waals surface area contributed by atoms with Gasteiger partial charge in [-0.2, -0.15) is 0 Å². The molecule has 0 aliphatic rings. The Morgan fingerprint density at radius 3 is 0.889 bits per heavy atom. The molecule has 4 aromatic rings. The Morgan fingerprint density at radius 1 is 0.444 bits per heavy atom. The van der Waals surface area contributed by atoms with Gasteiger partial charge in [-0.05, 0) is 34.4 Å². The zero-order valence-electron chi connectivity index (χ0n) is 13.2. The van der Waals surface area contributed by atoms with E-state index in [1.54, 1.807) is 18.2 Å². The number of rotatable bonds is 0. The number of halogens is 6. The minimum Gasteiger partial charge on any atom is -0.397 e. The van der Waals surface area contributed by atoms with Gasteiger partial charge in [-0.1, -0.05) is 69.6 Å². The summed E-state index contributed by atoms with van der Waals surface area (Å²) < 4.78 is 0. The molecule has 4 aromatic carbocycles. The highest BCUT2D eigenvalue weighted by Crippen LogP contribution is 2.50. The molecule has 6 N–H and O–H groups in total. The Balaban J connectivity index is 2.53. The molecular formula is C18H9Cl6N3. The van der Waals surface area contributed by atoms with Crippen molar-refractivity contribution in [3.8, 4) is 0 Å². The molecular weight excluding hydrogens is 471 g/mol. The fourth-order valence-electron chi connectivity index (χ4n) is 3.40. The molecule has 138 valence electrons. The molecule has 0 bridgehead atoms. The third-order valence-electron chi connectivity index (χ3n) is 4.58. The molecule has 0 spiro atoms. The SMILES string of the molecule is Nc1c(Cl)c(Cl)cc2c1c1cc(Cl)c(Cl)c(N)c1c1cc(Cl)c(Cl)c(N)c21. The van der Waals surface area contributed by atoms with Crippen LogP contribution in [0.2, 0.25) is 30.1 Å². The van der Waals surface area contributed by atoms with Crippen molar-refractivity contribution in [2.24, 2.45) is 0 Å². The molecule has 4 rings (SSSR count). The predicted octanol–water partition coefficient (Wildman–Crippen LogP) is 7.81. The van der Waals surface area contributed by atoms with Gasteiger partial charge in [0.2, 0.25) is 0 Å². The van der Waals surface area contributed by atoms with Crippen LogP contribution in [0.3, 0.4) is 0 Å². The van der Waals surface area contributed by atoms with E-state index in [0.29, 0.717) is 32.3 Å². The summed E-state index contributed by atoms with van der Waals surface area (Å²) in [5, 5.41) is 5.23. The van der Waals surface area contributed by atoms with Crippen molar-refractivity contribution in [1.29, 1.82) is 0 Å². The van der Waals surface area contributed by atoms with Crippen LogP contribution in [0.15, 0.2) is 18.2 Å². The van der Waals surface area contributed by atoms with Crippen molar-refractivity contribution in [2.45, 2.75) is 0 Å². The highest BCUT2D eigenvalue weighted by atomic mass is 35.5. The Kier molecular flexibility index (Phi) is 4.54. The lowest BCUT2D eigenvalue weighted by molar-refractivity contribution is 1.72. The second-order valence-corrected chi connectivity index (χ2v) is 8.38. The van der Waals surface area contributed by atoms with E-state index in [2.05, 4.69) is 0 Å². The molecule has 0 saturated heterocycles. The van der Waals surface area contributed by atoms with E-state index in [9.17, 15) is 0 Å². The molecule has 0 atom stereocenters. The Hall–Kier alpha value is -1.20. The summed E-state index contributed by atoms with van der Waals surface area (Å²) in [7, 11) is 0. The first-order valence-electron chi connectivity index (χ1n) is 7.48. The third-order valence-corrected chi connectivity index (χ3v) is 6.98. The van der Waals surface area contributed by atoms with Crippen molar-refractivity contribution in [3.63, 3.8) is 0 Å². The summed E-state index contributed by atoms with van der Waals surface area (Å²) in [5.74, 6) is 0. The normalized spacial score (nSPS) is 11.8. The highest BCUT2D eigenvalue weighted by molar-refractivity contribution is 6.51. The average molecular weight is 480 g/mol. The van der Waals surface area contributed by atoms with Gasteiger partial charge in [0.15, 0.2) is 0 Å². The molecule has 0 heterocycles. The summed E-state index contributed by atoms with van der Waals surface area (Å²) in [6.45, 7) is 0. The molecule has 0 saturated carbocycles. The Morgan fingerprint density at radius 2 is 0.667 bits per heavy atom. The minimum atomic E-state index is 0.216. The number of nitrogens with two attached hydrogens (primary N) is 3. The molecule has 0 radical (unpaired) electrons. The van der Waals surface area contributed by atoms with Crippen LogP contribution >= 0.6 is 69.6 Å². The van der Waals surface area contributed by atoms with E-state index >= 15 is 0 Å². The van der Waals surface area contributed by atoms with Crippen LogP contribution in [0.4, 0.5) is 17.1 Å². The van der Waals surface area contributed by atoms with Gasteiger partial charge < -0.3 is 17.2 Å². The van der Waals surface area contributed by atoms with Crippen molar-refractivity contribution in [1.82, 2.24) is 0 Å². The van der Waals surface area contributed by atoms with Crippen LogP contribution in [-0.4, -0.2) is 0 Å². The lowest BCUT2D eigenvalue weighted by atomic mass is 9.91. The van der Waals surface area contributed by atoms with Crippen LogP contribution in [0.25, 0.3) is 32.3 Å². The fourth-order valence-corrected chi connectivity index (χ4v) is 4.48. The lowest BCUT2D eigenvalue weighted by Crippen LogP contribution is -1.98. The largest absolute Gasteiger partial charge is 0.397 e. The topological polar surface area (TPSA) is 78.1 Å². The summed E-state index contributed by atoms with van der Waals surface area (Å²) in [5.41, 5.74) is 19.7. The minimum absolute atomic E-state index is 0.216. The monoisotopic (exact) mass is 477 g/mol. The first kappa shape index (κ1) is 19.1. The van der Waals surface area contributed by atoms with Crippen molar-refractivity contribution in [3.05, 3.63) is 48.3 Å². The molecule has 3 nitrogen and oxygen atoms in total. The van der Waals surface area contributed by atoms with Gasteiger partial charge in [0.05, 0.1) is 47.2 Å². The smallest absolute Gasteiger partial charge is 0.0828 e. The first-order valence-corrected chi connectivity index (χ1v) is 9.75. The molecule has 0 aromatic heterocycles. The molecule has 9 heteroatoms. The number of anilines is 3. The third kappa shape index (κ3) is 2.57. The zero-order chi connectivity index (χ0) is 19.8. The average Bonchev–Trinajstić information content (AvgIpc) is 2.61. The second-order valence-electron chi connectivity index (χ2n) is 6.03. The number of nitrogen functional groups attached to an aromatic ring is 3. The van der Waals surface area contributed by atoms with Crippen LogP contribution in [0, 0.1) is 0 Å². The molecule has 0 unspecified atom stereocenters. The number of fused-ring (bicyclic) bond motifs is 6. The highest BCUT2D eigenvalue weighted by Gasteiger charge is 2.22.